The second-order valence-electron chi connectivity index (χ2n) is 4.09. The minimum absolute atomic E-state index is 0.189. The highest BCUT2D eigenvalue weighted by Gasteiger charge is 2.28. The predicted molar refractivity (Wildman–Crippen MR) is 66.0 cm³/mol. The Labute approximate surface area is 108 Å². The molecule has 0 aliphatic heterocycles. The van der Waals surface area contributed by atoms with E-state index in [-0.39, 0.29) is 5.75 Å². The maximum atomic E-state index is 12.0. The van der Waals surface area contributed by atoms with E-state index in [1.807, 2.05) is 25.1 Å². The van der Waals surface area contributed by atoms with E-state index in [1.54, 1.807) is 12.1 Å². The fraction of sp³-hybridized carbons (Fsp3) is 0.214. The molecule has 100 valence electrons. The monoisotopic (exact) mass is 267 g/mol. The number of benzene rings is 1. The van der Waals surface area contributed by atoms with Crippen LogP contribution >= 0.6 is 0 Å². The third kappa shape index (κ3) is 3.98. The van der Waals surface area contributed by atoms with Crippen LogP contribution in [-0.4, -0.2) is 17.8 Å². The van der Waals surface area contributed by atoms with Crippen LogP contribution in [0.4, 0.5) is 13.2 Å². The molecule has 19 heavy (non-hydrogen) atoms. The van der Waals surface area contributed by atoms with Gasteiger partial charge in [-0.25, -0.2) is 0 Å². The lowest BCUT2D eigenvalue weighted by molar-refractivity contribution is -0.153. The first-order chi connectivity index (χ1) is 8.94. The molecule has 0 amide bonds. The molecule has 1 heterocycles. The van der Waals surface area contributed by atoms with Gasteiger partial charge in [0.25, 0.3) is 0 Å². The average molecular weight is 267 g/mol. The van der Waals surface area contributed by atoms with Crippen LogP contribution in [0.15, 0.2) is 42.5 Å². The zero-order valence-corrected chi connectivity index (χ0v) is 10.2. The van der Waals surface area contributed by atoms with Gasteiger partial charge in [0.05, 0.1) is 5.69 Å². The highest BCUT2D eigenvalue weighted by atomic mass is 19.4. The van der Waals surface area contributed by atoms with Crippen molar-refractivity contribution in [3.05, 3.63) is 48.2 Å². The Morgan fingerprint density at radius 3 is 2.32 bits per heavy atom. The van der Waals surface area contributed by atoms with E-state index >= 15 is 0 Å². The molecule has 0 atom stereocenters. The second-order valence-corrected chi connectivity index (χ2v) is 4.09. The van der Waals surface area contributed by atoms with Gasteiger partial charge in [0.15, 0.2) is 6.61 Å². The van der Waals surface area contributed by atoms with Crippen LogP contribution in [0.1, 0.15) is 5.69 Å². The lowest BCUT2D eigenvalue weighted by Gasteiger charge is -2.09. The Hall–Kier alpha value is -2.04. The molecule has 2 rings (SSSR count). The first kappa shape index (κ1) is 13.4. The molecule has 0 bridgehead atoms. The summed E-state index contributed by atoms with van der Waals surface area (Å²) < 4.78 is 40.6. The summed E-state index contributed by atoms with van der Waals surface area (Å²) in [5, 5.41) is 0. The van der Waals surface area contributed by atoms with Gasteiger partial charge in [-0.3, -0.25) is 4.98 Å². The largest absolute Gasteiger partial charge is 0.484 e. The topological polar surface area (TPSA) is 22.1 Å². The molecule has 2 nitrogen and oxygen atoms in total. The lowest BCUT2D eigenvalue weighted by Crippen LogP contribution is -2.19. The number of rotatable bonds is 3. The van der Waals surface area contributed by atoms with E-state index in [0.717, 1.165) is 17.0 Å². The first-order valence-electron chi connectivity index (χ1n) is 5.68. The van der Waals surface area contributed by atoms with E-state index in [9.17, 15) is 13.2 Å². The van der Waals surface area contributed by atoms with Crippen molar-refractivity contribution in [1.82, 2.24) is 4.98 Å². The minimum atomic E-state index is -4.32. The molecule has 0 aliphatic carbocycles. The molecule has 0 fully saturated rings. The smallest absolute Gasteiger partial charge is 0.422 e. The average Bonchev–Trinajstić information content (AvgIpc) is 2.36. The van der Waals surface area contributed by atoms with Crippen LogP contribution in [0, 0.1) is 6.92 Å². The van der Waals surface area contributed by atoms with Gasteiger partial charge >= 0.3 is 6.18 Å². The van der Waals surface area contributed by atoms with Gasteiger partial charge in [-0.05, 0) is 43.3 Å². The predicted octanol–water partition coefficient (Wildman–Crippen LogP) is 4.00. The molecular weight excluding hydrogens is 255 g/mol. The molecule has 0 spiro atoms. The Bertz CT molecular complexity index is 549. The SMILES string of the molecule is Cc1cccc(-c2ccc(OCC(F)(F)F)cc2)n1. The Kier molecular flexibility index (Phi) is 3.74. The summed E-state index contributed by atoms with van der Waals surface area (Å²) in [5.41, 5.74) is 2.50. The van der Waals surface area contributed by atoms with Gasteiger partial charge in [0.2, 0.25) is 0 Å². The minimum Gasteiger partial charge on any atom is -0.484 e. The maximum Gasteiger partial charge on any atom is 0.422 e. The van der Waals surface area contributed by atoms with Crippen LogP contribution in [0.5, 0.6) is 5.75 Å². The first-order valence-corrected chi connectivity index (χ1v) is 5.68. The molecule has 0 aliphatic rings. The van der Waals surface area contributed by atoms with Crippen molar-refractivity contribution in [1.29, 1.82) is 0 Å². The van der Waals surface area contributed by atoms with Crippen LogP contribution < -0.4 is 4.74 Å². The Morgan fingerprint density at radius 2 is 1.74 bits per heavy atom. The number of ether oxygens (including phenoxy) is 1. The normalized spacial score (nSPS) is 11.4. The molecule has 0 radical (unpaired) electrons. The van der Waals surface area contributed by atoms with Crippen molar-refractivity contribution < 1.29 is 17.9 Å². The highest BCUT2D eigenvalue weighted by molar-refractivity contribution is 5.60. The molecule has 2 aromatic rings. The zero-order chi connectivity index (χ0) is 13.9. The third-order valence-electron chi connectivity index (χ3n) is 2.44. The Balaban J connectivity index is 2.10. The number of nitrogens with zero attached hydrogens (tertiary/aromatic N) is 1. The number of aryl methyl sites for hydroxylation is 1. The fourth-order valence-electron chi connectivity index (χ4n) is 1.59. The molecule has 0 N–H and O–H groups in total. The summed E-state index contributed by atoms with van der Waals surface area (Å²) >= 11 is 0. The summed E-state index contributed by atoms with van der Waals surface area (Å²) in [6.45, 7) is 0.597. The molecule has 1 aromatic heterocycles. The van der Waals surface area contributed by atoms with E-state index in [0.29, 0.717) is 0 Å². The van der Waals surface area contributed by atoms with Crippen molar-refractivity contribution in [3.63, 3.8) is 0 Å². The molecule has 0 unspecified atom stereocenters. The molecule has 0 saturated heterocycles. The van der Waals surface area contributed by atoms with E-state index in [4.69, 9.17) is 0 Å². The van der Waals surface area contributed by atoms with E-state index in [2.05, 4.69) is 9.72 Å². The Morgan fingerprint density at radius 1 is 1.05 bits per heavy atom. The fourth-order valence-corrected chi connectivity index (χ4v) is 1.59. The number of aromatic nitrogens is 1. The van der Waals surface area contributed by atoms with Crippen LogP contribution in [0.3, 0.4) is 0 Å². The van der Waals surface area contributed by atoms with E-state index in [1.165, 1.54) is 12.1 Å². The second kappa shape index (κ2) is 5.30. The van der Waals surface area contributed by atoms with Crippen LogP contribution in [0.2, 0.25) is 0 Å². The number of hydrogen-bond donors (Lipinski definition) is 0. The van der Waals surface area contributed by atoms with Crippen molar-refractivity contribution in [2.45, 2.75) is 13.1 Å². The van der Waals surface area contributed by atoms with Gasteiger partial charge < -0.3 is 4.74 Å². The number of halogens is 3. The quantitative estimate of drug-likeness (QED) is 0.838. The summed E-state index contributed by atoms with van der Waals surface area (Å²) in [4.78, 5) is 4.34. The van der Waals surface area contributed by atoms with Crippen molar-refractivity contribution in [2.75, 3.05) is 6.61 Å². The molecular formula is C14H12F3NO. The van der Waals surface area contributed by atoms with Crippen molar-refractivity contribution in [3.8, 4) is 17.0 Å². The van der Waals surface area contributed by atoms with Gasteiger partial charge in [-0.1, -0.05) is 6.07 Å². The number of alkyl halides is 3. The van der Waals surface area contributed by atoms with Crippen molar-refractivity contribution >= 4 is 0 Å². The summed E-state index contributed by atoms with van der Waals surface area (Å²) in [7, 11) is 0. The molecule has 5 heteroatoms. The zero-order valence-electron chi connectivity index (χ0n) is 10.2. The highest BCUT2D eigenvalue weighted by Crippen LogP contribution is 2.22. The van der Waals surface area contributed by atoms with Gasteiger partial charge in [-0.15, -0.1) is 0 Å². The maximum absolute atomic E-state index is 12.0. The standard InChI is InChI=1S/C14H12F3NO/c1-10-3-2-4-13(18-10)11-5-7-12(8-6-11)19-9-14(15,16)17/h2-8H,9H2,1H3. The van der Waals surface area contributed by atoms with Crippen molar-refractivity contribution in [2.24, 2.45) is 0 Å². The third-order valence-corrected chi connectivity index (χ3v) is 2.44. The van der Waals surface area contributed by atoms with E-state index < -0.39 is 12.8 Å². The number of pyridine rings is 1. The number of hydrogen-bond acceptors (Lipinski definition) is 2. The molecule has 1 aromatic carbocycles. The molecule has 0 saturated carbocycles. The summed E-state index contributed by atoms with van der Waals surface area (Å²) in [6.07, 6.45) is -4.32. The van der Waals surface area contributed by atoms with Gasteiger partial charge in [0.1, 0.15) is 5.75 Å². The van der Waals surface area contributed by atoms with Crippen LogP contribution in [-0.2, 0) is 0 Å². The summed E-state index contributed by atoms with van der Waals surface area (Å²) in [6, 6.07) is 12.0. The van der Waals surface area contributed by atoms with Gasteiger partial charge in [-0.2, -0.15) is 13.2 Å². The van der Waals surface area contributed by atoms with Crippen LogP contribution in [0.25, 0.3) is 11.3 Å². The van der Waals surface area contributed by atoms with Gasteiger partial charge in [0, 0.05) is 11.3 Å². The lowest BCUT2D eigenvalue weighted by atomic mass is 10.1. The summed E-state index contributed by atoms with van der Waals surface area (Å²) in [5.74, 6) is 0.189.